The standard InChI is InChI=1S/C20H22F2N2/c1-20(2,3)11-10-16-12-19(22)9-6-17(16)14-24-23-13-15-4-7-18(21)8-5-15/h4-9,12-14H,10-11H2,1-3H3/b23-13+,24-14+. The molecular weight excluding hydrogens is 306 g/mol. The van der Waals surface area contributed by atoms with Gasteiger partial charge in [-0.15, -0.1) is 0 Å². The maximum Gasteiger partial charge on any atom is 0.123 e. The summed E-state index contributed by atoms with van der Waals surface area (Å²) in [5, 5.41) is 7.99. The average Bonchev–Trinajstić information content (AvgIpc) is 2.52. The van der Waals surface area contributed by atoms with Gasteiger partial charge in [0, 0.05) is 0 Å². The van der Waals surface area contributed by atoms with Crippen molar-refractivity contribution in [2.45, 2.75) is 33.6 Å². The number of nitrogens with zero attached hydrogens (tertiary/aromatic N) is 2. The summed E-state index contributed by atoms with van der Waals surface area (Å²) < 4.78 is 26.3. The zero-order chi connectivity index (χ0) is 17.6. The number of benzene rings is 2. The Hall–Kier alpha value is -2.36. The van der Waals surface area contributed by atoms with Gasteiger partial charge in [-0.25, -0.2) is 8.78 Å². The molecule has 0 saturated heterocycles. The molecule has 0 heterocycles. The molecule has 0 atom stereocenters. The molecule has 0 aliphatic carbocycles. The number of hydrogen-bond donors (Lipinski definition) is 0. The van der Waals surface area contributed by atoms with Crippen LogP contribution in [0.3, 0.4) is 0 Å². The highest BCUT2D eigenvalue weighted by atomic mass is 19.1. The van der Waals surface area contributed by atoms with E-state index < -0.39 is 0 Å². The minimum atomic E-state index is -0.287. The van der Waals surface area contributed by atoms with Crippen LogP contribution in [0.2, 0.25) is 0 Å². The van der Waals surface area contributed by atoms with E-state index >= 15 is 0 Å². The Kier molecular flexibility index (Phi) is 5.96. The van der Waals surface area contributed by atoms with Gasteiger partial charge >= 0.3 is 0 Å². The normalized spacial score (nSPS) is 12.4. The third kappa shape index (κ3) is 6.03. The largest absolute Gasteiger partial charge is 0.207 e. The molecule has 2 rings (SSSR count). The Balaban J connectivity index is 2.09. The second kappa shape index (κ2) is 7.95. The fraction of sp³-hybridized carbons (Fsp3) is 0.300. The summed E-state index contributed by atoms with van der Waals surface area (Å²) in [6.07, 6.45) is 4.91. The lowest BCUT2D eigenvalue weighted by molar-refractivity contribution is 0.378. The highest BCUT2D eigenvalue weighted by Crippen LogP contribution is 2.23. The van der Waals surface area contributed by atoms with E-state index in [0.29, 0.717) is 0 Å². The van der Waals surface area contributed by atoms with Crippen molar-refractivity contribution >= 4 is 12.4 Å². The Morgan fingerprint density at radius 1 is 0.875 bits per heavy atom. The van der Waals surface area contributed by atoms with Gasteiger partial charge in [-0.3, -0.25) is 0 Å². The predicted octanol–water partition coefficient (Wildman–Crippen LogP) is 5.40. The summed E-state index contributed by atoms with van der Waals surface area (Å²) in [6.45, 7) is 6.48. The molecular formula is C20H22F2N2. The number of hydrogen-bond acceptors (Lipinski definition) is 2. The topological polar surface area (TPSA) is 24.7 Å². The van der Waals surface area contributed by atoms with Crippen molar-refractivity contribution in [2.24, 2.45) is 15.6 Å². The lowest BCUT2D eigenvalue weighted by Gasteiger charge is -2.18. The average molecular weight is 328 g/mol. The highest BCUT2D eigenvalue weighted by Gasteiger charge is 2.12. The molecule has 24 heavy (non-hydrogen) atoms. The van der Waals surface area contributed by atoms with Crippen molar-refractivity contribution in [2.75, 3.05) is 0 Å². The Bertz CT molecular complexity index is 726. The summed E-state index contributed by atoms with van der Waals surface area (Å²) in [5.41, 5.74) is 2.73. The van der Waals surface area contributed by atoms with Gasteiger partial charge in [0.2, 0.25) is 0 Å². The van der Waals surface area contributed by atoms with Crippen LogP contribution in [-0.4, -0.2) is 12.4 Å². The lowest BCUT2D eigenvalue weighted by Crippen LogP contribution is -2.07. The van der Waals surface area contributed by atoms with Gasteiger partial charge in [-0.05, 0) is 59.2 Å². The molecule has 4 heteroatoms. The summed E-state index contributed by atoms with van der Waals surface area (Å²) in [6, 6.07) is 10.7. The minimum Gasteiger partial charge on any atom is -0.207 e. The molecule has 0 radical (unpaired) electrons. The number of rotatable bonds is 5. The molecule has 0 aromatic heterocycles. The molecule has 0 bridgehead atoms. The van der Waals surface area contributed by atoms with E-state index in [-0.39, 0.29) is 17.0 Å². The van der Waals surface area contributed by atoms with E-state index in [0.717, 1.165) is 29.5 Å². The maximum absolute atomic E-state index is 13.5. The fourth-order valence-electron chi connectivity index (χ4n) is 2.17. The molecule has 0 spiro atoms. The summed E-state index contributed by atoms with van der Waals surface area (Å²) in [5.74, 6) is -0.531. The minimum absolute atomic E-state index is 0.182. The Morgan fingerprint density at radius 3 is 2.17 bits per heavy atom. The zero-order valence-corrected chi connectivity index (χ0v) is 14.3. The second-order valence-electron chi connectivity index (χ2n) is 6.94. The summed E-state index contributed by atoms with van der Waals surface area (Å²) in [7, 11) is 0. The van der Waals surface area contributed by atoms with Crippen LogP contribution in [0.1, 0.15) is 43.9 Å². The second-order valence-corrected chi connectivity index (χ2v) is 6.94. The quantitative estimate of drug-likeness (QED) is 0.519. The molecule has 2 aromatic rings. The monoisotopic (exact) mass is 328 g/mol. The Labute approximate surface area is 141 Å². The first-order valence-electron chi connectivity index (χ1n) is 7.94. The van der Waals surface area contributed by atoms with Gasteiger partial charge in [0.05, 0.1) is 12.4 Å². The molecule has 126 valence electrons. The van der Waals surface area contributed by atoms with Crippen molar-refractivity contribution in [3.8, 4) is 0 Å². The Morgan fingerprint density at radius 2 is 1.50 bits per heavy atom. The van der Waals surface area contributed by atoms with Gasteiger partial charge in [-0.2, -0.15) is 10.2 Å². The third-order valence-electron chi connectivity index (χ3n) is 3.59. The molecule has 0 aliphatic rings. The van der Waals surface area contributed by atoms with Crippen molar-refractivity contribution < 1.29 is 8.78 Å². The molecule has 2 aromatic carbocycles. The molecule has 0 saturated carbocycles. The number of halogens is 2. The first kappa shape index (κ1) is 18.0. The first-order chi connectivity index (χ1) is 11.3. The van der Waals surface area contributed by atoms with Crippen molar-refractivity contribution in [1.82, 2.24) is 0 Å². The lowest BCUT2D eigenvalue weighted by atomic mass is 9.88. The van der Waals surface area contributed by atoms with Crippen molar-refractivity contribution in [1.29, 1.82) is 0 Å². The van der Waals surface area contributed by atoms with Crippen LogP contribution in [0.25, 0.3) is 0 Å². The first-order valence-corrected chi connectivity index (χ1v) is 7.94. The zero-order valence-electron chi connectivity index (χ0n) is 14.3. The van der Waals surface area contributed by atoms with Gasteiger partial charge in [0.15, 0.2) is 0 Å². The SMILES string of the molecule is CC(C)(C)CCc1cc(F)ccc1/C=N/N=C/c1ccc(F)cc1. The highest BCUT2D eigenvalue weighted by molar-refractivity contribution is 5.83. The molecule has 2 nitrogen and oxygen atoms in total. The van der Waals surface area contributed by atoms with Gasteiger partial charge in [0.25, 0.3) is 0 Å². The molecule has 0 N–H and O–H groups in total. The molecule has 0 unspecified atom stereocenters. The smallest absolute Gasteiger partial charge is 0.123 e. The van der Waals surface area contributed by atoms with E-state index in [1.54, 1.807) is 36.7 Å². The van der Waals surface area contributed by atoms with Crippen LogP contribution in [-0.2, 0) is 6.42 Å². The maximum atomic E-state index is 13.5. The van der Waals surface area contributed by atoms with Crippen LogP contribution < -0.4 is 0 Å². The van der Waals surface area contributed by atoms with Gasteiger partial charge in [0.1, 0.15) is 11.6 Å². The molecule has 0 fully saturated rings. The van der Waals surface area contributed by atoms with Crippen LogP contribution >= 0.6 is 0 Å². The van der Waals surface area contributed by atoms with E-state index in [1.165, 1.54) is 18.2 Å². The van der Waals surface area contributed by atoms with E-state index in [2.05, 4.69) is 31.0 Å². The van der Waals surface area contributed by atoms with Crippen LogP contribution in [0.5, 0.6) is 0 Å². The predicted molar refractivity (Wildman–Crippen MR) is 95.8 cm³/mol. The van der Waals surface area contributed by atoms with Gasteiger partial charge in [-0.1, -0.05) is 39.0 Å². The summed E-state index contributed by atoms with van der Waals surface area (Å²) >= 11 is 0. The van der Waals surface area contributed by atoms with E-state index in [1.807, 2.05) is 0 Å². The fourth-order valence-corrected chi connectivity index (χ4v) is 2.17. The van der Waals surface area contributed by atoms with Gasteiger partial charge < -0.3 is 0 Å². The van der Waals surface area contributed by atoms with Crippen molar-refractivity contribution in [3.63, 3.8) is 0 Å². The number of aryl methyl sites for hydroxylation is 1. The van der Waals surface area contributed by atoms with Crippen LogP contribution in [0.15, 0.2) is 52.7 Å². The van der Waals surface area contributed by atoms with Crippen LogP contribution in [0.4, 0.5) is 8.78 Å². The van der Waals surface area contributed by atoms with Crippen molar-refractivity contribution in [3.05, 3.63) is 70.8 Å². The van der Waals surface area contributed by atoms with E-state index in [4.69, 9.17) is 0 Å². The molecule has 0 amide bonds. The molecule has 0 aliphatic heterocycles. The van der Waals surface area contributed by atoms with Crippen LogP contribution in [0, 0.1) is 17.0 Å². The third-order valence-corrected chi connectivity index (χ3v) is 3.59. The summed E-state index contributed by atoms with van der Waals surface area (Å²) in [4.78, 5) is 0. The van der Waals surface area contributed by atoms with E-state index in [9.17, 15) is 8.78 Å².